The van der Waals surface area contributed by atoms with Crippen molar-refractivity contribution in [3.8, 4) is 11.4 Å². The molecule has 0 saturated carbocycles. The SMILES string of the molecule is C=Cn1nnnc1-c1[c]cccc1. The van der Waals surface area contributed by atoms with Crippen LogP contribution >= 0.6 is 0 Å². The molecule has 0 spiro atoms. The Bertz CT molecular complexity index is 405. The number of hydrogen-bond donors (Lipinski definition) is 0. The quantitative estimate of drug-likeness (QED) is 0.682. The van der Waals surface area contributed by atoms with E-state index < -0.39 is 0 Å². The van der Waals surface area contributed by atoms with Crippen LogP contribution in [-0.2, 0) is 0 Å². The molecule has 0 unspecified atom stereocenters. The van der Waals surface area contributed by atoms with Gasteiger partial charge in [-0.15, -0.1) is 5.10 Å². The Morgan fingerprint density at radius 3 is 3.08 bits per heavy atom. The van der Waals surface area contributed by atoms with E-state index in [4.69, 9.17) is 0 Å². The van der Waals surface area contributed by atoms with Crippen molar-refractivity contribution in [3.63, 3.8) is 0 Å². The maximum atomic E-state index is 3.86. The molecule has 0 fully saturated rings. The zero-order chi connectivity index (χ0) is 9.10. The predicted octanol–water partition coefficient (Wildman–Crippen LogP) is 1.24. The second-order valence-electron chi connectivity index (χ2n) is 2.41. The van der Waals surface area contributed by atoms with Gasteiger partial charge >= 0.3 is 0 Å². The normalized spacial score (nSPS) is 9.85. The van der Waals surface area contributed by atoms with E-state index in [2.05, 4.69) is 28.2 Å². The second kappa shape index (κ2) is 3.18. The van der Waals surface area contributed by atoms with Gasteiger partial charge in [0.05, 0.1) is 0 Å². The van der Waals surface area contributed by atoms with Crippen LogP contribution in [0.4, 0.5) is 0 Å². The van der Waals surface area contributed by atoms with Crippen molar-refractivity contribution < 1.29 is 0 Å². The topological polar surface area (TPSA) is 43.6 Å². The van der Waals surface area contributed by atoms with E-state index in [9.17, 15) is 0 Å². The van der Waals surface area contributed by atoms with Crippen LogP contribution in [0.2, 0.25) is 0 Å². The molecule has 1 heterocycles. The third-order valence-electron chi connectivity index (χ3n) is 1.62. The molecule has 0 atom stereocenters. The van der Waals surface area contributed by atoms with Gasteiger partial charge in [0.2, 0.25) is 0 Å². The number of rotatable bonds is 2. The molecule has 4 heteroatoms. The molecule has 1 aromatic carbocycles. The van der Waals surface area contributed by atoms with Crippen LogP contribution < -0.4 is 0 Å². The molecule has 63 valence electrons. The lowest BCUT2D eigenvalue weighted by molar-refractivity contribution is 0.820. The summed E-state index contributed by atoms with van der Waals surface area (Å²) in [5, 5.41) is 11.1. The minimum Gasteiger partial charge on any atom is -0.201 e. The monoisotopic (exact) mass is 171 g/mol. The van der Waals surface area contributed by atoms with Crippen LogP contribution in [0.25, 0.3) is 17.6 Å². The molecule has 1 aromatic heterocycles. The summed E-state index contributed by atoms with van der Waals surface area (Å²) in [7, 11) is 0. The number of tetrazole rings is 1. The summed E-state index contributed by atoms with van der Waals surface area (Å²) >= 11 is 0. The van der Waals surface area contributed by atoms with Crippen LogP contribution in [0.15, 0.2) is 30.8 Å². The predicted molar refractivity (Wildman–Crippen MR) is 48.5 cm³/mol. The molecule has 0 aliphatic rings. The van der Waals surface area contributed by atoms with Crippen molar-refractivity contribution in [1.29, 1.82) is 0 Å². The van der Waals surface area contributed by atoms with Gasteiger partial charge in [-0.3, -0.25) is 0 Å². The molecule has 2 rings (SSSR count). The molecule has 0 saturated heterocycles. The van der Waals surface area contributed by atoms with Crippen LogP contribution in [0.1, 0.15) is 0 Å². The number of benzene rings is 1. The fraction of sp³-hybridized carbons (Fsp3) is 0. The van der Waals surface area contributed by atoms with Gasteiger partial charge in [-0.25, -0.2) is 4.68 Å². The van der Waals surface area contributed by atoms with Crippen molar-refractivity contribution in [3.05, 3.63) is 36.9 Å². The Morgan fingerprint density at radius 2 is 2.38 bits per heavy atom. The molecule has 1 radical (unpaired) electrons. The summed E-state index contributed by atoms with van der Waals surface area (Å²) in [5.74, 6) is 0.649. The molecule has 2 aromatic rings. The molecular weight excluding hydrogens is 164 g/mol. The Kier molecular flexibility index (Phi) is 1.88. The molecule has 0 aliphatic carbocycles. The maximum Gasteiger partial charge on any atom is 0.186 e. The summed E-state index contributed by atoms with van der Waals surface area (Å²) < 4.78 is 1.51. The highest BCUT2D eigenvalue weighted by Gasteiger charge is 2.04. The fourth-order valence-corrected chi connectivity index (χ4v) is 1.03. The number of aromatic nitrogens is 4. The molecule has 0 N–H and O–H groups in total. The first kappa shape index (κ1) is 7.67. The Labute approximate surface area is 75.5 Å². The van der Waals surface area contributed by atoms with Crippen molar-refractivity contribution in [2.45, 2.75) is 0 Å². The van der Waals surface area contributed by atoms with Gasteiger partial charge < -0.3 is 0 Å². The third-order valence-corrected chi connectivity index (χ3v) is 1.62. The van der Waals surface area contributed by atoms with Crippen LogP contribution in [0.3, 0.4) is 0 Å². The van der Waals surface area contributed by atoms with Gasteiger partial charge in [0.25, 0.3) is 0 Å². The van der Waals surface area contributed by atoms with Gasteiger partial charge in [0, 0.05) is 11.8 Å². The van der Waals surface area contributed by atoms with Gasteiger partial charge in [-0.2, -0.15) is 0 Å². The molecule has 13 heavy (non-hydrogen) atoms. The van der Waals surface area contributed by atoms with Crippen LogP contribution in [0.5, 0.6) is 0 Å². The summed E-state index contributed by atoms with van der Waals surface area (Å²) in [4.78, 5) is 0. The first-order valence-electron chi connectivity index (χ1n) is 3.79. The zero-order valence-electron chi connectivity index (χ0n) is 6.88. The van der Waals surface area contributed by atoms with Crippen LogP contribution in [-0.4, -0.2) is 20.2 Å². The highest BCUT2D eigenvalue weighted by Crippen LogP contribution is 2.13. The van der Waals surface area contributed by atoms with E-state index in [1.165, 1.54) is 4.68 Å². The Hall–Kier alpha value is -1.97. The van der Waals surface area contributed by atoms with Crippen molar-refractivity contribution in [2.75, 3.05) is 0 Å². The third kappa shape index (κ3) is 1.33. The van der Waals surface area contributed by atoms with Gasteiger partial charge in [0.15, 0.2) is 5.82 Å². The average Bonchev–Trinajstić information content (AvgIpc) is 2.67. The molecule has 0 aliphatic heterocycles. The lowest BCUT2D eigenvalue weighted by atomic mass is 10.2. The molecule has 4 nitrogen and oxygen atoms in total. The Morgan fingerprint density at radius 1 is 1.46 bits per heavy atom. The van der Waals surface area contributed by atoms with E-state index in [0.29, 0.717) is 5.82 Å². The smallest absolute Gasteiger partial charge is 0.186 e. The van der Waals surface area contributed by atoms with E-state index in [0.717, 1.165) is 5.56 Å². The average molecular weight is 171 g/mol. The Balaban J connectivity index is 2.52. The second-order valence-corrected chi connectivity index (χ2v) is 2.41. The van der Waals surface area contributed by atoms with Crippen LogP contribution in [0, 0.1) is 6.07 Å². The molecule has 0 bridgehead atoms. The summed E-state index contributed by atoms with van der Waals surface area (Å²) in [6.45, 7) is 3.60. The summed E-state index contributed by atoms with van der Waals surface area (Å²) in [6, 6.07) is 10.6. The lowest BCUT2D eigenvalue weighted by Gasteiger charge is -1.96. The van der Waals surface area contributed by atoms with Crippen molar-refractivity contribution >= 4 is 6.20 Å². The number of nitrogens with zero attached hydrogens (tertiary/aromatic N) is 4. The van der Waals surface area contributed by atoms with E-state index in [1.807, 2.05) is 24.3 Å². The minimum absolute atomic E-state index is 0.649. The van der Waals surface area contributed by atoms with Gasteiger partial charge in [-0.05, 0) is 16.5 Å². The fourth-order valence-electron chi connectivity index (χ4n) is 1.03. The minimum atomic E-state index is 0.649. The highest BCUT2D eigenvalue weighted by atomic mass is 15.5. The standard InChI is InChI=1S/C9H7N4/c1-2-13-9(10-11-12-13)8-6-4-3-5-7-8/h2-6H,1H2. The van der Waals surface area contributed by atoms with E-state index in [1.54, 1.807) is 6.20 Å². The largest absolute Gasteiger partial charge is 0.201 e. The first-order valence-corrected chi connectivity index (χ1v) is 3.79. The first-order chi connectivity index (χ1) is 6.42. The lowest BCUT2D eigenvalue weighted by Crippen LogP contribution is -1.92. The molecular formula is C9H7N4. The summed E-state index contributed by atoms with van der Waals surface area (Å²) in [5.41, 5.74) is 0.854. The number of hydrogen-bond acceptors (Lipinski definition) is 3. The van der Waals surface area contributed by atoms with Gasteiger partial charge in [-0.1, -0.05) is 30.8 Å². The maximum absolute atomic E-state index is 3.86. The summed E-state index contributed by atoms with van der Waals surface area (Å²) in [6.07, 6.45) is 1.55. The van der Waals surface area contributed by atoms with Crippen molar-refractivity contribution in [1.82, 2.24) is 20.2 Å². The van der Waals surface area contributed by atoms with E-state index in [-0.39, 0.29) is 0 Å². The van der Waals surface area contributed by atoms with E-state index >= 15 is 0 Å². The zero-order valence-corrected chi connectivity index (χ0v) is 6.88. The van der Waals surface area contributed by atoms with Crippen molar-refractivity contribution in [2.24, 2.45) is 0 Å². The van der Waals surface area contributed by atoms with Gasteiger partial charge in [0.1, 0.15) is 0 Å². The highest BCUT2D eigenvalue weighted by molar-refractivity contribution is 5.55. The molecule has 0 amide bonds.